The van der Waals surface area contributed by atoms with Gasteiger partial charge < -0.3 is 0 Å². The van der Waals surface area contributed by atoms with E-state index in [0.29, 0.717) is 17.2 Å². The van der Waals surface area contributed by atoms with Gasteiger partial charge in [-0.1, -0.05) is 13.8 Å². The quantitative estimate of drug-likeness (QED) is 0.723. The van der Waals surface area contributed by atoms with E-state index in [-0.39, 0.29) is 0 Å². The van der Waals surface area contributed by atoms with Crippen molar-refractivity contribution in [2.45, 2.75) is 50.9 Å². The van der Waals surface area contributed by atoms with Crippen LogP contribution in [0.15, 0.2) is 12.3 Å². The summed E-state index contributed by atoms with van der Waals surface area (Å²) in [6.45, 7) is 5.48. The Morgan fingerprint density at radius 1 is 1.53 bits per heavy atom. The molecule has 2 nitrogen and oxygen atoms in total. The molecule has 0 spiro atoms. The molecule has 0 saturated heterocycles. The van der Waals surface area contributed by atoms with Crippen molar-refractivity contribution in [2.75, 3.05) is 0 Å². The second-order valence-corrected chi connectivity index (χ2v) is 5.10. The molecule has 1 aliphatic rings. The summed E-state index contributed by atoms with van der Waals surface area (Å²) in [5.74, 6) is 1.19. The number of alkyl halides is 1. The van der Waals surface area contributed by atoms with E-state index in [4.69, 9.17) is 11.6 Å². The molecule has 2 rings (SSSR count). The number of hydrogen-bond donors (Lipinski definition) is 0. The molecule has 0 N–H and O–H groups in total. The van der Waals surface area contributed by atoms with Crippen LogP contribution in [0.1, 0.15) is 44.7 Å². The van der Waals surface area contributed by atoms with Gasteiger partial charge in [-0.3, -0.25) is 4.68 Å². The molecule has 0 amide bonds. The van der Waals surface area contributed by atoms with Gasteiger partial charge in [-0.05, 0) is 31.2 Å². The summed E-state index contributed by atoms with van der Waals surface area (Å²) in [5.41, 5.74) is 1.38. The largest absolute Gasteiger partial charge is 0.269 e. The lowest BCUT2D eigenvalue weighted by Gasteiger charge is -2.18. The van der Waals surface area contributed by atoms with Crippen LogP contribution >= 0.6 is 11.6 Å². The number of aryl methyl sites for hydroxylation is 1. The predicted molar refractivity (Wildman–Crippen MR) is 63.3 cm³/mol. The van der Waals surface area contributed by atoms with Crippen LogP contribution in [-0.4, -0.2) is 15.2 Å². The maximum Gasteiger partial charge on any atom is 0.0492 e. The summed E-state index contributed by atoms with van der Waals surface area (Å²) >= 11 is 6.27. The van der Waals surface area contributed by atoms with E-state index in [1.165, 1.54) is 12.1 Å². The second-order valence-electron chi connectivity index (χ2n) is 4.54. The SMILES string of the molecule is CCCn1nccc1C1CCC(Cl)C1C. The summed E-state index contributed by atoms with van der Waals surface area (Å²) in [5, 5.41) is 4.73. The molecule has 1 saturated carbocycles. The molecule has 0 radical (unpaired) electrons. The molecule has 3 heteroatoms. The van der Waals surface area contributed by atoms with Gasteiger partial charge in [0.25, 0.3) is 0 Å². The zero-order chi connectivity index (χ0) is 10.8. The Morgan fingerprint density at radius 2 is 2.33 bits per heavy atom. The van der Waals surface area contributed by atoms with Crippen molar-refractivity contribution in [3.05, 3.63) is 18.0 Å². The van der Waals surface area contributed by atoms with E-state index in [9.17, 15) is 0 Å². The fourth-order valence-electron chi connectivity index (χ4n) is 2.59. The van der Waals surface area contributed by atoms with E-state index in [1.54, 1.807) is 0 Å². The van der Waals surface area contributed by atoms with E-state index in [0.717, 1.165) is 19.4 Å². The molecule has 1 heterocycles. The summed E-state index contributed by atoms with van der Waals surface area (Å²) < 4.78 is 2.15. The molecule has 1 aromatic rings. The Hall–Kier alpha value is -0.500. The number of nitrogens with zero attached hydrogens (tertiary/aromatic N) is 2. The van der Waals surface area contributed by atoms with Crippen molar-refractivity contribution in [1.82, 2.24) is 9.78 Å². The third kappa shape index (κ3) is 2.05. The Bertz CT molecular complexity index is 321. The Balaban J connectivity index is 2.18. The summed E-state index contributed by atoms with van der Waals surface area (Å²) in [6, 6.07) is 2.16. The third-order valence-corrected chi connectivity index (χ3v) is 4.14. The molecule has 3 atom stereocenters. The van der Waals surface area contributed by atoms with Crippen molar-refractivity contribution in [1.29, 1.82) is 0 Å². The van der Waals surface area contributed by atoms with Crippen molar-refractivity contribution in [3.8, 4) is 0 Å². The van der Waals surface area contributed by atoms with Crippen molar-refractivity contribution >= 4 is 11.6 Å². The van der Waals surface area contributed by atoms with E-state index >= 15 is 0 Å². The highest BCUT2D eigenvalue weighted by Crippen LogP contribution is 2.41. The number of rotatable bonds is 3. The topological polar surface area (TPSA) is 17.8 Å². The molecule has 3 unspecified atom stereocenters. The molecular weight excluding hydrogens is 208 g/mol. The van der Waals surface area contributed by atoms with Crippen LogP contribution in [0.25, 0.3) is 0 Å². The fraction of sp³-hybridized carbons (Fsp3) is 0.750. The summed E-state index contributed by atoms with van der Waals surface area (Å²) in [7, 11) is 0. The van der Waals surface area contributed by atoms with Gasteiger partial charge in [0.05, 0.1) is 0 Å². The van der Waals surface area contributed by atoms with E-state index in [1.807, 2.05) is 6.20 Å². The average Bonchev–Trinajstić information content (AvgIpc) is 2.77. The molecule has 0 bridgehead atoms. The van der Waals surface area contributed by atoms with Crippen molar-refractivity contribution in [3.63, 3.8) is 0 Å². The predicted octanol–water partition coefficient (Wildman–Crippen LogP) is 3.41. The average molecular weight is 227 g/mol. The van der Waals surface area contributed by atoms with Crippen LogP contribution in [0.2, 0.25) is 0 Å². The lowest BCUT2D eigenvalue weighted by Crippen LogP contribution is -2.14. The van der Waals surface area contributed by atoms with Gasteiger partial charge in [0.15, 0.2) is 0 Å². The second kappa shape index (κ2) is 4.56. The fourth-order valence-corrected chi connectivity index (χ4v) is 2.89. The van der Waals surface area contributed by atoms with Gasteiger partial charge in [-0.15, -0.1) is 11.6 Å². The first-order chi connectivity index (χ1) is 7.24. The zero-order valence-electron chi connectivity index (χ0n) is 9.49. The molecule has 0 aliphatic heterocycles. The highest BCUT2D eigenvalue weighted by molar-refractivity contribution is 6.21. The molecule has 0 aromatic carbocycles. The van der Waals surface area contributed by atoms with Crippen LogP contribution in [-0.2, 0) is 6.54 Å². The first-order valence-corrected chi connectivity index (χ1v) is 6.33. The monoisotopic (exact) mass is 226 g/mol. The van der Waals surface area contributed by atoms with E-state index < -0.39 is 0 Å². The molecule has 1 aliphatic carbocycles. The van der Waals surface area contributed by atoms with Crippen LogP contribution in [0.5, 0.6) is 0 Å². The van der Waals surface area contributed by atoms with Crippen molar-refractivity contribution in [2.24, 2.45) is 5.92 Å². The van der Waals surface area contributed by atoms with Gasteiger partial charge in [-0.25, -0.2) is 0 Å². The van der Waals surface area contributed by atoms with Crippen LogP contribution in [0.4, 0.5) is 0 Å². The summed E-state index contributed by atoms with van der Waals surface area (Å²) in [4.78, 5) is 0. The Kier molecular flexibility index (Phi) is 3.35. The first kappa shape index (κ1) is 11.0. The molecule has 15 heavy (non-hydrogen) atoms. The molecule has 84 valence electrons. The van der Waals surface area contributed by atoms with E-state index in [2.05, 4.69) is 29.7 Å². The smallest absolute Gasteiger partial charge is 0.0492 e. The number of aromatic nitrogens is 2. The zero-order valence-corrected chi connectivity index (χ0v) is 10.2. The van der Waals surface area contributed by atoms with Crippen LogP contribution in [0, 0.1) is 5.92 Å². The maximum absolute atomic E-state index is 6.27. The minimum absolute atomic E-state index is 0.347. The highest BCUT2D eigenvalue weighted by Gasteiger charge is 2.33. The van der Waals surface area contributed by atoms with Gasteiger partial charge in [0, 0.05) is 29.7 Å². The Labute approximate surface area is 96.6 Å². The molecule has 1 aromatic heterocycles. The number of hydrogen-bond acceptors (Lipinski definition) is 1. The minimum Gasteiger partial charge on any atom is -0.269 e. The molecule has 1 fully saturated rings. The Morgan fingerprint density at radius 3 is 2.93 bits per heavy atom. The van der Waals surface area contributed by atoms with Crippen molar-refractivity contribution < 1.29 is 0 Å². The van der Waals surface area contributed by atoms with Gasteiger partial charge in [0.1, 0.15) is 0 Å². The minimum atomic E-state index is 0.347. The molecular formula is C12H19ClN2. The van der Waals surface area contributed by atoms with Crippen LogP contribution < -0.4 is 0 Å². The maximum atomic E-state index is 6.27. The normalized spacial score (nSPS) is 31.0. The van der Waals surface area contributed by atoms with Gasteiger partial charge in [-0.2, -0.15) is 5.10 Å². The summed E-state index contributed by atoms with van der Waals surface area (Å²) in [6.07, 6.45) is 5.41. The first-order valence-electron chi connectivity index (χ1n) is 5.89. The number of halogens is 1. The van der Waals surface area contributed by atoms with Gasteiger partial charge in [0.2, 0.25) is 0 Å². The highest BCUT2D eigenvalue weighted by atomic mass is 35.5. The van der Waals surface area contributed by atoms with Crippen LogP contribution in [0.3, 0.4) is 0 Å². The third-order valence-electron chi connectivity index (χ3n) is 3.52. The van der Waals surface area contributed by atoms with Gasteiger partial charge >= 0.3 is 0 Å². The standard InChI is InChI=1S/C12H19ClN2/c1-3-8-15-12(6-7-14-15)10-4-5-11(13)9(10)2/h6-7,9-11H,3-5,8H2,1-2H3. The lowest BCUT2D eigenvalue weighted by molar-refractivity contribution is 0.475. The lowest BCUT2D eigenvalue weighted by atomic mass is 9.94.